The smallest absolute Gasteiger partial charge is 0.0177 e. The highest BCUT2D eigenvalue weighted by atomic mass is 79.9. The molecule has 20 heavy (non-hydrogen) atoms. The molecular formula is C18H22BrN. The molecule has 2 rings (SSSR count). The van der Waals surface area contributed by atoms with Gasteiger partial charge in [-0.15, -0.1) is 0 Å². The van der Waals surface area contributed by atoms with Gasteiger partial charge in [-0.2, -0.15) is 0 Å². The van der Waals surface area contributed by atoms with Gasteiger partial charge in [0, 0.05) is 11.0 Å². The summed E-state index contributed by atoms with van der Waals surface area (Å²) in [6, 6.07) is 19.4. The van der Waals surface area contributed by atoms with Crippen molar-refractivity contribution in [1.29, 1.82) is 0 Å². The van der Waals surface area contributed by atoms with Crippen LogP contribution < -0.4 is 5.32 Å². The molecule has 1 unspecified atom stereocenters. The van der Waals surface area contributed by atoms with Gasteiger partial charge in [0.05, 0.1) is 0 Å². The Bertz CT molecular complexity index is 510. The Morgan fingerprint density at radius 2 is 1.85 bits per heavy atom. The molecule has 2 aromatic rings. The first-order valence-electron chi connectivity index (χ1n) is 7.29. The molecule has 0 spiro atoms. The van der Waals surface area contributed by atoms with Gasteiger partial charge in [-0.25, -0.2) is 0 Å². The van der Waals surface area contributed by atoms with Crippen LogP contribution >= 0.6 is 15.9 Å². The second-order valence-corrected chi connectivity index (χ2v) is 6.00. The molecule has 1 atom stereocenters. The second kappa shape index (κ2) is 8.23. The molecule has 0 aliphatic rings. The van der Waals surface area contributed by atoms with Crippen LogP contribution in [-0.2, 0) is 6.42 Å². The van der Waals surface area contributed by atoms with Gasteiger partial charge in [0.15, 0.2) is 0 Å². The predicted molar refractivity (Wildman–Crippen MR) is 90.2 cm³/mol. The molecule has 0 heterocycles. The third-order valence-electron chi connectivity index (χ3n) is 3.58. The molecule has 0 aliphatic heterocycles. The monoisotopic (exact) mass is 331 g/mol. The highest BCUT2D eigenvalue weighted by Crippen LogP contribution is 2.22. The number of rotatable bonds is 7. The van der Waals surface area contributed by atoms with Crippen molar-refractivity contribution in [2.24, 2.45) is 0 Å². The second-order valence-electron chi connectivity index (χ2n) is 5.08. The van der Waals surface area contributed by atoms with Crippen LogP contribution in [0.25, 0.3) is 0 Å². The first kappa shape index (κ1) is 15.3. The number of likely N-dealkylation sites (N-methyl/N-ethyl adjacent to an activating group) is 1. The highest BCUT2D eigenvalue weighted by molar-refractivity contribution is 9.10. The molecule has 0 saturated carbocycles. The molecule has 0 radical (unpaired) electrons. The largest absolute Gasteiger partial charge is 0.316 e. The van der Waals surface area contributed by atoms with E-state index in [9.17, 15) is 0 Å². The third-order valence-corrected chi connectivity index (χ3v) is 4.08. The lowest BCUT2D eigenvalue weighted by molar-refractivity contribution is 0.561. The minimum atomic E-state index is 0.579. The Balaban J connectivity index is 2.01. The zero-order valence-electron chi connectivity index (χ0n) is 12.0. The van der Waals surface area contributed by atoms with Gasteiger partial charge in [-0.3, -0.25) is 0 Å². The van der Waals surface area contributed by atoms with E-state index in [1.54, 1.807) is 0 Å². The van der Waals surface area contributed by atoms with Crippen molar-refractivity contribution in [3.8, 4) is 0 Å². The van der Waals surface area contributed by atoms with E-state index in [0.717, 1.165) is 24.0 Å². The molecular weight excluding hydrogens is 310 g/mol. The maximum atomic E-state index is 3.54. The van der Waals surface area contributed by atoms with E-state index < -0.39 is 0 Å². The quantitative estimate of drug-likeness (QED) is 0.770. The average Bonchev–Trinajstić information content (AvgIpc) is 2.48. The highest BCUT2D eigenvalue weighted by Gasteiger charge is 2.10. The molecule has 0 amide bonds. The van der Waals surface area contributed by atoms with E-state index in [4.69, 9.17) is 0 Å². The normalized spacial score (nSPS) is 12.3. The number of hydrogen-bond donors (Lipinski definition) is 1. The lowest BCUT2D eigenvalue weighted by Crippen LogP contribution is -2.21. The topological polar surface area (TPSA) is 12.0 Å². The van der Waals surface area contributed by atoms with E-state index in [-0.39, 0.29) is 0 Å². The average molecular weight is 332 g/mol. The molecule has 0 saturated heterocycles. The summed E-state index contributed by atoms with van der Waals surface area (Å²) < 4.78 is 1.16. The summed E-state index contributed by atoms with van der Waals surface area (Å²) >= 11 is 3.54. The molecule has 0 bridgehead atoms. The van der Waals surface area contributed by atoms with Crippen LogP contribution in [0.5, 0.6) is 0 Å². The molecule has 1 nitrogen and oxygen atoms in total. The Morgan fingerprint density at radius 3 is 2.55 bits per heavy atom. The number of hydrogen-bond acceptors (Lipinski definition) is 1. The van der Waals surface area contributed by atoms with E-state index in [0.29, 0.717) is 5.92 Å². The Kier molecular flexibility index (Phi) is 6.28. The summed E-state index contributed by atoms with van der Waals surface area (Å²) in [5.74, 6) is 0.579. The summed E-state index contributed by atoms with van der Waals surface area (Å²) in [7, 11) is 0. The van der Waals surface area contributed by atoms with Gasteiger partial charge in [0.1, 0.15) is 0 Å². The summed E-state index contributed by atoms with van der Waals surface area (Å²) in [5.41, 5.74) is 2.83. The zero-order chi connectivity index (χ0) is 14.2. The van der Waals surface area contributed by atoms with Crippen LogP contribution in [0.2, 0.25) is 0 Å². The molecule has 1 N–H and O–H groups in total. The van der Waals surface area contributed by atoms with Gasteiger partial charge >= 0.3 is 0 Å². The predicted octanol–water partition coefficient (Wildman–Crippen LogP) is 4.78. The van der Waals surface area contributed by atoms with Gasteiger partial charge in [0.2, 0.25) is 0 Å². The van der Waals surface area contributed by atoms with Crippen LogP contribution in [0.3, 0.4) is 0 Å². The minimum Gasteiger partial charge on any atom is -0.316 e. The standard InChI is InChI=1S/C18H22BrN/c1-2-20-14-17(16-8-4-3-5-9-16)12-11-15-7-6-10-18(19)13-15/h3-10,13,17,20H,2,11-12,14H2,1H3. The van der Waals surface area contributed by atoms with Crippen molar-refractivity contribution < 1.29 is 0 Å². The van der Waals surface area contributed by atoms with E-state index in [1.165, 1.54) is 17.5 Å². The van der Waals surface area contributed by atoms with Crippen LogP contribution in [0.4, 0.5) is 0 Å². The Labute approximate surface area is 130 Å². The fraction of sp³-hybridized carbons (Fsp3) is 0.333. The first-order chi connectivity index (χ1) is 9.79. The molecule has 0 fully saturated rings. The lowest BCUT2D eigenvalue weighted by Gasteiger charge is -2.18. The van der Waals surface area contributed by atoms with Crippen LogP contribution in [0.1, 0.15) is 30.4 Å². The summed E-state index contributed by atoms with van der Waals surface area (Å²) in [5, 5.41) is 3.49. The SMILES string of the molecule is CCNCC(CCc1cccc(Br)c1)c1ccccc1. The zero-order valence-corrected chi connectivity index (χ0v) is 13.6. The van der Waals surface area contributed by atoms with Crippen molar-refractivity contribution in [3.05, 3.63) is 70.2 Å². The summed E-state index contributed by atoms with van der Waals surface area (Å²) in [4.78, 5) is 0. The van der Waals surface area contributed by atoms with Crippen molar-refractivity contribution in [3.63, 3.8) is 0 Å². The lowest BCUT2D eigenvalue weighted by atomic mass is 9.92. The minimum absolute atomic E-state index is 0.579. The van der Waals surface area contributed by atoms with E-state index in [2.05, 4.69) is 82.8 Å². The fourth-order valence-electron chi connectivity index (χ4n) is 2.46. The third kappa shape index (κ3) is 4.77. The molecule has 2 heteroatoms. The van der Waals surface area contributed by atoms with Crippen molar-refractivity contribution in [1.82, 2.24) is 5.32 Å². The molecule has 2 aromatic carbocycles. The fourth-order valence-corrected chi connectivity index (χ4v) is 2.91. The van der Waals surface area contributed by atoms with Crippen molar-refractivity contribution in [2.75, 3.05) is 13.1 Å². The summed E-state index contributed by atoms with van der Waals surface area (Å²) in [6.07, 6.45) is 2.29. The summed E-state index contributed by atoms with van der Waals surface area (Å²) in [6.45, 7) is 4.24. The Hall–Kier alpha value is -1.12. The van der Waals surface area contributed by atoms with Gasteiger partial charge in [-0.1, -0.05) is 65.3 Å². The molecule has 0 aliphatic carbocycles. The number of halogens is 1. The maximum Gasteiger partial charge on any atom is 0.0177 e. The van der Waals surface area contributed by atoms with Crippen LogP contribution in [0, 0.1) is 0 Å². The van der Waals surface area contributed by atoms with Gasteiger partial charge in [-0.05, 0) is 48.6 Å². The van der Waals surface area contributed by atoms with Crippen molar-refractivity contribution in [2.45, 2.75) is 25.7 Å². The maximum absolute atomic E-state index is 3.54. The Morgan fingerprint density at radius 1 is 1.05 bits per heavy atom. The van der Waals surface area contributed by atoms with E-state index >= 15 is 0 Å². The van der Waals surface area contributed by atoms with Crippen LogP contribution in [-0.4, -0.2) is 13.1 Å². The number of aryl methyl sites for hydroxylation is 1. The molecule has 106 valence electrons. The number of nitrogens with one attached hydrogen (secondary N) is 1. The van der Waals surface area contributed by atoms with E-state index in [1.807, 2.05) is 0 Å². The molecule has 0 aromatic heterocycles. The van der Waals surface area contributed by atoms with Crippen LogP contribution in [0.15, 0.2) is 59.1 Å². The van der Waals surface area contributed by atoms with Gasteiger partial charge in [0.25, 0.3) is 0 Å². The first-order valence-corrected chi connectivity index (χ1v) is 8.09. The van der Waals surface area contributed by atoms with Crippen molar-refractivity contribution >= 4 is 15.9 Å². The number of benzene rings is 2. The van der Waals surface area contributed by atoms with Gasteiger partial charge < -0.3 is 5.32 Å².